The molecule has 2 aromatic heterocycles. The highest BCUT2D eigenvalue weighted by molar-refractivity contribution is 7.99. The Balaban J connectivity index is 2.15. The summed E-state index contributed by atoms with van der Waals surface area (Å²) < 4.78 is 14.7. The Labute approximate surface area is 113 Å². The van der Waals surface area contributed by atoms with Crippen LogP contribution in [0.4, 0.5) is 4.39 Å². The Hall–Kier alpha value is -1.95. The molecule has 0 radical (unpaired) electrons. The number of rotatable bonds is 3. The molecule has 1 aromatic carbocycles. The van der Waals surface area contributed by atoms with Crippen LogP contribution in [0.3, 0.4) is 0 Å². The van der Waals surface area contributed by atoms with Crippen molar-refractivity contribution < 1.29 is 4.39 Å². The van der Waals surface area contributed by atoms with Gasteiger partial charge in [-0.2, -0.15) is 9.50 Å². The minimum absolute atomic E-state index is 0.255. The second-order valence-corrected chi connectivity index (χ2v) is 5.11. The van der Waals surface area contributed by atoms with Crippen molar-refractivity contribution in [3.8, 4) is 11.3 Å². The summed E-state index contributed by atoms with van der Waals surface area (Å²) in [5.41, 5.74) is 1.73. The first-order valence-electron chi connectivity index (χ1n) is 5.88. The summed E-state index contributed by atoms with van der Waals surface area (Å²) in [4.78, 5) is 8.53. The van der Waals surface area contributed by atoms with E-state index >= 15 is 0 Å². The fourth-order valence-corrected chi connectivity index (χ4v) is 2.35. The maximum atomic E-state index is 13.0. The first-order chi connectivity index (χ1) is 9.28. The topological polar surface area (TPSA) is 43.1 Å². The van der Waals surface area contributed by atoms with E-state index in [1.54, 1.807) is 34.6 Å². The zero-order valence-electron chi connectivity index (χ0n) is 10.2. The first kappa shape index (κ1) is 12.1. The fourth-order valence-electron chi connectivity index (χ4n) is 1.81. The van der Waals surface area contributed by atoms with Gasteiger partial charge in [0, 0.05) is 11.8 Å². The summed E-state index contributed by atoms with van der Waals surface area (Å²) in [5, 5.41) is 5.11. The molecule has 0 saturated carbocycles. The van der Waals surface area contributed by atoms with Gasteiger partial charge in [0.25, 0.3) is 5.78 Å². The van der Waals surface area contributed by atoms with Crippen LogP contribution in [0.2, 0.25) is 0 Å². The number of fused-ring (bicyclic) bond motifs is 1. The predicted molar refractivity (Wildman–Crippen MR) is 72.6 cm³/mol. The Morgan fingerprint density at radius 2 is 2.00 bits per heavy atom. The van der Waals surface area contributed by atoms with Crippen molar-refractivity contribution in [2.75, 3.05) is 5.75 Å². The summed E-state index contributed by atoms with van der Waals surface area (Å²) in [6.45, 7) is 2.05. The highest BCUT2D eigenvalue weighted by Gasteiger charge is 2.09. The van der Waals surface area contributed by atoms with Crippen LogP contribution in [0.5, 0.6) is 0 Å². The smallest absolute Gasteiger partial charge is 0.220 e. The van der Waals surface area contributed by atoms with E-state index in [-0.39, 0.29) is 5.82 Å². The molecule has 6 heteroatoms. The molecule has 96 valence electrons. The first-order valence-corrected chi connectivity index (χ1v) is 6.87. The molecule has 0 fully saturated rings. The zero-order valence-corrected chi connectivity index (χ0v) is 11.1. The molecule has 0 bridgehead atoms. The van der Waals surface area contributed by atoms with E-state index in [0.717, 1.165) is 17.0 Å². The lowest BCUT2D eigenvalue weighted by molar-refractivity contribution is 0.628. The fraction of sp³-hybridized carbons (Fsp3) is 0.154. The maximum absolute atomic E-state index is 13.0. The molecule has 0 amide bonds. The van der Waals surface area contributed by atoms with Crippen molar-refractivity contribution in [1.82, 2.24) is 19.6 Å². The number of halogens is 1. The minimum atomic E-state index is -0.255. The number of nitrogens with zero attached hydrogens (tertiary/aromatic N) is 4. The van der Waals surface area contributed by atoms with Crippen molar-refractivity contribution in [1.29, 1.82) is 0 Å². The van der Waals surface area contributed by atoms with E-state index in [1.807, 2.05) is 13.0 Å². The SMILES string of the molecule is CCSc1nc2nccc(-c3ccc(F)cc3)n2n1. The van der Waals surface area contributed by atoms with Gasteiger partial charge in [0.05, 0.1) is 5.69 Å². The zero-order chi connectivity index (χ0) is 13.2. The van der Waals surface area contributed by atoms with Gasteiger partial charge in [-0.25, -0.2) is 9.37 Å². The number of hydrogen-bond acceptors (Lipinski definition) is 4. The second kappa shape index (κ2) is 4.97. The predicted octanol–water partition coefficient (Wildman–Crippen LogP) is 3.04. The van der Waals surface area contributed by atoms with Gasteiger partial charge in [-0.1, -0.05) is 18.7 Å². The lowest BCUT2D eigenvalue weighted by Gasteiger charge is -2.02. The second-order valence-electron chi connectivity index (χ2n) is 3.88. The van der Waals surface area contributed by atoms with E-state index in [0.29, 0.717) is 10.9 Å². The van der Waals surface area contributed by atoms with Crippen molar-refractivity contribution in [3.63, 3.8) is 0 Å². The Kier molecular flexibility index (Phi) is 3.16. The Bertz CT molecular complexity index is 708. The van der Waals surface area contributed by atoms with E-state index in [9.17, 15) is 4.39 Å². The molecule has 0 aliphatic rings. The normalized spacial score (nSPS) is 11.1. The monoisotopic (exact) mass is 274 g/mol. The molecule has 0 saturated heterocycles. The minimum Gasteiger partial charge on any atom is -0.220 e. The quantitative estimate of drug-likeness (QED) is 0.688. The lowest BCUT2D eigenvalue weighted by Crippen LogP contribution is -1.95. The summed E-state index contributed by atoms with van der Waals surface area (Å²) in [6, 6.07) is 8.15. The van der Waals surface area contributed by atoms with E-state index < -0.39 is 0 Å². The van der Waals surface area contributed by atoms with Gasteiger partial charge in [0.15, 0.2) is 0 Å². The highest BCUT2D eigenvalue weighted by atomic mass is 32.2. The molecule has 2 heterocycles. The molecule has 0 unspecified atom stereocenters. The summed E-state index contributed by atoms with van der Waals surface area (Å²) in [5.74, 6) is 1.20. The van der Waals surface area contributed by atoms with Crippen LogP contribution in [0.25, 0.3) is 17.0 Å². The molecular weight excluding hydrogens is 263 g/mol. The molecule has 0 N–H and O–H groups in total. The third kappa shape index (κ3) is 2.31. The number of aromatic nitrogens is 4. The van der Waals surface area contributed by atoms with Gasteiger partial charge in [-0.05, 0) is 36.1 Å². The third-order valence-electron chi connectivity index (χ3n) is 2.63. The molecule has 0 atom stereocenters. The van der Waals surface area contributed by atoms with Gasteiger partial charge >= 0.3 is 0 Å². The molecule has 4 nitrogen and oxygen atoms in total. The standard InChI is InChI=1S/C13H11FN4S/c1-2-19-13-16-12-15-8-7-11(18(12)17-13)9-3-5-10(14)6-4-9/h3-8H,2H2,1H3. The average molecular weight is 274 g/mol. The van der Waals surface area contributed by atoms with Crippen LogP contribution >= 0.6 is 11.8 Å². The summed E-state index contributed by atoms with van der Waals surface area (Å²) >= 11 is 1.56. The number of thioether (sulfide) groups is 1. The van der Waals surface area contributed by atoms with E-state index in [4.69, 9.17) is 0 Å². The van der Waals surface area contributed by atoms with Crippen LogP contribution in [0, 0.1) is 5.82 Å². The van der Waals surface area contributed by atoms with Gasteiger partial charge in [-0.15, -0.1) is 5.10 Å². The number of benzene rings is 1. The van der Waals surface area contributed by atoms with Crippen molar-refractivity contribution in [2.45, 2.75) is 12.1 Å². The highest BCUT2D eigenvalue weighted by Crippen LogP contribution is 2.21. The maximum Gasteiger partial charge on any atom is 0.253 e. The molecule has 3 aromatic rings. The average Bonchev–Trinajstić information content (AvgIpc) is 2.82. The number of hydrogen-bond donors (Lipinski definition) is 0. The molecule has 3 rings (SSSR count). The van der Waals surface area contributed by atoms with Crippen molar-refractivity contribution >= 4 is 17.5 Å². The van der Waals surface area contributed by atoms with Crippen LogP contribution in [-0.4, -0.2) is 25.3 Å². The Morgan fingerprint density at radius 3 is 2.74 bits per heavy atom. The van der Waals surface area contributed by atoms with E-state index in [2.05, 4.69) is 15.1 Å². The summed E-state index contributed by atoms with van der Waals surface area (Å²) in [7, 11) is 0. The molecule has 19 heavy (non-hydrogen) atoms. The summed E-state index contributed by atoms with van der Waals surface area (Å²) in [6.07, 6.45) is 1.68. The largest absolute Gasteiger partial charge is 0.253 e. The Morgan fingerprint density at radius 1 is 1.21 bits per heavy atom. The van der Waals surface area contributed by atoms with Crippen molar-refractivity contribution in [2.24, 2.45) is 0 Å². The van der Waals surface area contributed by atoms with Crippen LogP contribution in [-0.2, 0) is 0 Å². The van der Waals surface area contributed by atoms with Gasteiger partial charge in [0.2, 0.25) is 5.16 Å². The van der Waals surface area contributed by atoms with Crippen LogP contribution in [0.15, 0.2) is 41.7 Å². The van der Waals surface area contributed by atoms with Crippen molar-refractivity contribution in [3.05, 3.63) is 42.3 Å². The molecule has 0 spiro atoms. The molecular formula is C13H11FN4S. The van der Waals surface area contributed by atoms with Gasteiger partial charge in [-0.3, -0.25) is 0 Å². The van der Waals surface area contributed by atoms with Crippen LogP contribution in [0.1, 0.15) is 6.92 Å². The van der Waals surface area contributed by atoms with E-state index in [1.165, 1.54) is 12.1 Å². The molecule has 0 aliphatic carbocycles. The van der Waals surface area contributed by atoms with Crippen LogP contribution < -0.4 is 0 Å². The molecule has 0 aliphatic heterocycles. The van der Waals surface area contributed by atoms with Gasteiger partial charge < -0.3 is 0 Å². The van der Waals surface area contributed by atoms with Gasteiger partial charge in [0.1, 0.15) is 5.82 Å². The lowest BCUT2D eigenvalue weighted by atomic mass is 10.1. The third-order valence-corrected chi connectivity index (χ3v) is 3.35.